The van der Waals surface area contributed by atoms with Crippen molar-refractivity contribution in [3.63, 3.8) is 0 Å². The van der Waals surface area contributed by atoms with Crippen molar-refractivity contribution in [3.8, 4) is 0 Å². The summed E-state index contributed by atoms with van der Waals surface area (Å²) in [6.45, 7) is 4.87. The van der Waals surface area contributed by atoms with Crippen molar-refractivity contribution in [2.45, 2.75) is 115 Å². The fraction of sp³-hybridized carbons (Fsp3) is 0.605. The first-order valence-corrected chi connectivity index (χ1v) is 22.1. The second-order valence-corrected chi connectivity index (χ2v) is 20.9. The van der Waals surface area contributed by atoms with Gasteiger partial charge in [0.15, 0.2) is 0 Å². The molecule has 5 saturated carbocycles. The maximum Gasteiger partial charge on any atom is 0.211 e. The fourth-order valence-electron chi connectivity index (χ4n) is 11.9. The zero-order valence-corrected chi connectivity index (χ0v) is 32.2. The molecule has 5 fully saturated rings. The van der Waals surface area contributed by atoms with Gasteiger partial charge in [0.05, 0.1) is 22.8 Å². The lowest BCUT2D eigenvalue weighted by Gasteiger charge is -2.58. The van der Waals surface area contributed by atoms with Crippen LogP contribution in [0.1, 0.15) is 123 Å². The van der Waals surface area contributed by atoms with E-state index in [1.54, 1.807) is 4.31 Å². The number of allylic oxidation sites excluding steroid dienone is 2. The Balaban J connectivity index is 1.18. The molecule has 0 amide bonds. The van der Waals surface area contributed by atoms with E-state index in [2.05, 4.69) is 32.1 Å². The predicted octanol–water partition coefficient (Wildman–Crippen LogP) is 8.65. The summed E-state index contributed by atoms with van der Waals surface area (Å²) in [5, 5.41) is 25.1. The van der Waals surface area contributed by atoms with Crippen LogP contribution in [0, 0.1) is 28.6 Å². The van der Waals surface area contributed by atoms with Crippen LogP contribution in [0.3, 0.4) is 0 Å². The summed E-state index contributed by atoms with van der Waals surface area (Å²) >= 11 is 1.51. The van der Waals surface area contributed by atoms with Gasteiger partial charge in [-0.15, -0.1) is 11.3 Å². The molecule has 274 valence electrons. The number of fused-ring (bicyclic) bond motifs is 9. The second kappa shape index (κ2) is 13.2. The van der Waals surface area contributed by atoms with E-state index < -0.39 is 27.1 Å². The van der Waals surface area contributed by atoms with Crippen LogP contribution in [0.25, 0.3) is 10.1 Å². The Kier molecular flexibility index (Phi) is 9.22. The first-order chi connectivity index (χ1) is 24.2. The fourth-order valence-corrected chi connectivity index (χ4v) is 13.8. The Hall–Kier alpha value is -2.36. The van der Waals surface area contributed by atoms with Crippen LogP contribution in [0.4, 0.5) is 0 Å². The monoisotopic (exact) mass is 729 g/mol. The second-order valence-electron chi connectivity index (χ2n) is 17.9. The molecule has 6 bridgehead atoms. The third-order valence-electron chi connectivity index (χ3n) is 14.1. The molecule has 1 aromatic heterocycles. The molecule has 7 aliphatic rings. The van der Waals surface area contributed by atoms with Crippen LogP contribution in [-0.2, 0) is 16.4 Å². The highest BCUT2D eigenvalue weighted by Gasteiger charge is 2.59. The summed E-state index contributed by atoms with van der Waals surface area (Å²) in [4.78, 5) is 15.3. The molecule has 3 aromatic rings. The third kappa shape index (κ3) is 6.71. The SMILES string of the molecule is CC1=CCCC2(C)C(CCC2(O)CN(CC23CC4CC(CC(C4)C2)C3)S(C)(=O)=O)c2ccc(cc2C(=O)c2cc3ccccc3s2)CC(O)CC1. The number of benzene rings is 2. The van der Waals surface area contributed by atoms with Crippen molar-refractivity contribution in [3.05, 3.63) is 81.7 Å². The summed E-state index contributed by atoms with van der Waals surface area (Å²) in [7, 11) is -3.60. The number of hydrogen-bond donors (Lipinski definition) is 2. The summed E-state index contributed by atoms with van der Waals surface area (Å²) < 4.78 is 30.2. The van der Waals surface area contributed by atoms with Crippen molar-refractivity contribution in [2.24, 2.45) is 28.6 Å². The highest BCUT2D eigenvalue weighted by Crippen LogP contribution is 2.62. The summed E-state index contributed by atoms with van der Waals surface area (Å²) in [5.41, 5.74) is 1.79. The summed E-state index contributed by atoms with van der Waals surface area (Å²) in [5.74, 6) is 1.97. The quantitative estimate of drug-likeness (QED) is 0.188. The largest absolute Gasteiger partial charge is 0.393 e. The van der Waals surface area contributed by atoms with E-state index in [1.807, 2.05) is 36.4 Å². The van der Waals surface area contributed by atoms with E-state index >= 15 is 0 Å². The molecule has 0 aliphatic heterocycles. The lowest BCUT2D eigenvalue weighted by Crippen LogP contribution is -2.57. The molecule has 51 heavy (non-hydrogen) atoms. The predicted molar refractivity (Wildman–Crippen MR) is 206 cm³/mol. The number of nitrogens with zero attached hydrogens (tertiary/aromatic N) is 1. The van der Waals surface area contributed by atoms with Gasteiger partial charge in [0.1, 0.15) is 0 Å². The Morgan fingerprint density at radius 2 is 1.67 bits per heavy atom. The standard InChI is InChI=1S/C43H55NO5S2/c1-28-7-6-15-41(2)37(14-16-43(41,47)27-44(51(3,48)49)26-42-23-30-17-31(24-42)19-32(18-30)25-42)35-13-11-29(20-34(45)12-10-28)21-36(35)40(46)39-22-33-8-4-5-9-38(33)50-39/h4-5,7-9,11,13,21-22,30-32,34,37,45,47H,6,10,12,14-20,23-27H2,1-3H3. The Morgan fingerprint density at radius 3 is 2.35 bits per heavy atom. The molecule has 7 aliphatic carbocycles. The summed E-state index contributed by atoms with van der Waals surface area (Å²) in [6.07, 6.45) is 14.7. The molecule has 1 heterocycles. The molecule has 8 heteroatoms. The molecule has 0 spiro atoms. The molecule has 2 N–H and O–H groups in total. The molecule has 2 aromatic carbocycles. The first-order valence-electron chi connectivity index (χ1n) is 19.4. The van der Waals surface area contributed by atoms with Gasteiger partial charge in [-0.25, -0.2) is 8.42 Å². The van der Waals surface area contributed by atoms with Gasteiger partial charge in [-0.2, -0.15) is 4.31 Å². The van der Waals surface area contributed by atoms with Gasteiger partial charge in [-0.3, -0.25) is 4.79 Å². The van der Waals surface area contributed by atoms with Gasteiger partial charge < -0.3 is 10.2 Å². The average Bonchev–Trinajstić information content (AvgIpc) is 3.60. The van der Waals surface area contributed by atoms with Crippen LogP contribution in [0.5, 0.6) is 0 Å². The number of aliphatic hydroxyl groups excluding tert-OH is 1. The minimum absolute atomic E-state index is 0.0143. The number of sulfonamides is 1. The van der Waals surface area contributed by atoms with Crippen LogP contribution >= 0.6 is 11.3 Å². The van der Waals surface area contributed by atoms with E-state index in [9.17, 15) is 23.4 Å². The molecular formula is C43H55NO5S2. The molecule has 10 rings (SSSR count). The Morgan fingerprint density at radius 1 is 0.961 bits per heavy atom. The van der Waals surface area contributed by atoms with E-state index in [-0.39, 0.29) is 23.7 Å². The summed E-state index contributed by atoms with van der Waals surface area (Å²) in [6, 6.07) is 16.2. The van der Waals surface area contributed by atoms with Crippen molar-refractivity contribution < 1.29 is 23.4 Å². The van der Waals surface area contributed by atoms with Crippen LogP contribution in [-0.4, -0.2) is 59.8 Å². The molecule has 0 saturated heterocycles. The van der Waals surface area contributed by atoms with Gasteiger partial charge in [0.25, 0.3) is 0 Å². The number of thiophene rings is 1. The Labute approximate surface area is 308 Å². The number of rotatable bonds is 7. The molecule has 4 unspecified atom stereocenters. The van der Waals surface area contributed by atoms with E-state index in [4.69, 9.17) is 0 Å². The van der Waals surface area contributed by atoms with Crippen molar-refractivity contribution >= 4 is 37.2 Å². The number of hydrogen-bond acceptors (Lipinski definition) is 6. The van der Waals surface area contributed by atoms with Gasteiger partial charge in [-0.05, 0) is 154 Å². The Bertz CT molecular complexity index is 1890. The van der Waals surface area contributed by atoms with Gasteiger partial charge in [-0.1, -0.05) is 48.9 Å². The van der Waals surface area contributed by atoms with E-state index in [0.717, 1.165) is 53.3 Å². The van der Waals surface area contributed by atoms with Gasteiger partial charge in [0.2, 0.25) is 15.8 Å². The number of carbonyl (C=O) groups is 1. The van der Waals surface area contributed by atoms with Crippen molar-refractivity contribution in [1.29, 1.82) is 0 Å². The van der Waals surface area contributed by atoms with Gasteiger partial charge >= 0.3 is 0 Å². The van der Waals surface area contributed by atoms with Crippen LogP contribution in [0.15, 0.2) is 60.2 Å². The maximum atomic E-state index is 14.6. The molecule has 6 nitrogen and oxygen atoms in total. The first kappa shape index (κ1) is 35.7. The molecule has 0 radical (unpaired) electrons. The molecule has 4 atom stereocenters. The lowest BCUT2D eigenvalue weighted by molar-refractivity contribution is -0.0919. The zero-order valence-electron chi connectivity index (χ0n) is 30.6. The topological polar surface area (TPSA) is 94.9 Å². The van der Waals surface area contributed by atoms with Crippen LogP contribution in [0.2, 0.25) is 0 Å². The third-order valence-corrected chi connectivity index (χ3v) is 16.5. The zero-order chi connectivity index (χ0) is 35.8. The maximum absolute atomic E-state index is 14.6. The van der Waals surface area contributed by atoms with Gasteiger partial charge in [0, 0.05) is 28.8 Å². The van der Waals surface area contributed by atoms with E-state index in [0.29, 0.717) is 66.8 Å². The van der Waals surface area contributed by atoms with E-state index in [1.165, 1.54) is 42.4 Å². The van der Waals surface area contributed by atoms with Crippen molar-refractivity contribution in [1.82, 2.24) is 4.31 Å². The minimum Gasteiger partial charge on any atom is -0.393 e. The normalized spacial score (nSPS) is 35.3. The average molecular weight is 730 g/mol. The number of carbonyl (C=O) groups excluding carboxylic acids is 1. The number of ketones is 1. The van der Waals surface area contributed by atoms with Crippen LogP contribution < -0.4 is 0 Å². The molecular weight excluding hydrogens is 675 g/mol. The minimum atomic E-state index is -3.60. The lowest BCUT2D eigenvalue weighted by atomic mass is 9.49. The number of aliphatic hydroxyl groups is 2. The smallest absolute Gasteiger partial charge is 0.211 e. The van der Waals surface area contributed by atoms with Crippen molar-refractivity contribution in [2.75, 3.05) is 19.3 Å². The highest BCUT2D eigenvalue weighted by atomic mass is 32.2. The highest BCUT2D eigenvalue weighted by molar-refractivity contribution is 7.88.